The molecule has 122 valence electrons. The van der Waals surface area contributed by atoms with Gasteiger partial charge in [-0.3, -0.25) is 4.79 Å². The van der Waals surface area contributed by atoms with Gasteiger partial charge in [0, 0.05) is 12.7 Å². The lowest BCUT2D eigenvalue weighted by molar-refractivity contribution is -0.00173. The van der Waals surface area contributed by atoms with Crippen LogP contribution in [0.1, 0.15) is 29.1 Å². The highest BCUT2D eigenvalue weighted by Gasteiger charge is 2.12. The first-order valence-corrected chi connectivity index (χ1v) is 7.68. The summed E-state index contributed by atoms with van der Waals surface area (Å²) in [5.41, 5.74) is 1.29. The number of rotatable bonds is 7. The Morgan fingerprint density at radius 2 is 2.04 bits per heavy atom. The molecule has 0 aliphatic carbocycles. The summed E-state index contributed by atoms with van der Waals surface area (Å²) in [6, 6.07) is 12.8. The maximum Gasteiger partial charge on any atom is 0.269 e. The van der Waals surface area contributed by atoms with Crippen molar-refractivity contribution in [3.63, 3.8) is 0 Å². The number of hydrogen-bond acceptors (Lipinski definition) is 4. The summed E-state index contributed by atoms with van der Waals surface area (Å²) in [6.07, 6.45) is 0.481. The molecule has 6 heteroatoms. The summed E-state index contributed by atoms with van der Waals surface area (Å²) in [7, 11) is 0. The normalized spacial score (nSPS) is 13.3. The molecule has 5 nitrogen and oxygen atoms in total. The van der Waals surface area contributed by atoms with E-state index in [0.29, 0.717) is 5.02 Å². The minimum Gasteiger partial charge on any atom is -0.389 e. The van der Waals surface area contributed by atoms with Crippen molar-refractivity contribution >= 4 is 17.5 Å². The zero-order valence-corrected chi connectivity index (χ0v) is 13.5. The minimum atomic E-state index is -0.794. The minimum absolute atomic E-state index is 0.0879. The first-order valence-electron chi connectivity index (χ1n) is 7.30. The zero-order valence-electron chi connectivity index (χ0n) is 12.8. The van der Waals surface area contributed by atoms with E-state index in [-0.39, 0.29) is 30.9 Å². The summed E-state index contributed by atoms with van der Waals surface area (Å²) in [5, 5.41) is 13.0. The summed E-state index contributed by atoms with van der Waals surface area (Å²) in [4.78, 5) is 15.8. The van der Waals surface area contributed by atoms with Crippen LogP contribution >= 0.6 is 11.6 Å². The highest BCUT2D eigenvalue weighted by molar-refractivity contribution is 6.30. The number of nitrogens with one attached hydrogen (secondary N) is 1. The molecular formula is C17H19ClN2O3. The fourth-order valence-corrected chi connectivity index (χ4v) is 2.06. The second-order valence-electron chi connectivity index (χ2n) is 5.11. The van der Waals surface area contributed by atoms with E-state index in [1.807, 2.05) is 37.3 Å². The van der Waals surface area contributed by atoms with Gasteiger partial charge in [-0.2, -0.15) is 0 Å². The van der Waals surface area contributed by atoms with E-state index in [1.54, 1.807) is 6.07 Å². The molecule has 2 atom stereocenters. The molecule has 23 heavy (non-hydrogen) atoms. The van der Waals surface area contributed by atoms with Crippen molar-refractivity contribution in [2.24, 2.45) is 0 Å². The Hall–Kier alpha value is -1.95. The van der Waals surface area contributed by atoms with Crippen LogP contribution in [0.5, 0.6) is 0 Å². The van der Waals surface area contributed by atoms with E-state index in [9.17, 15) is 9.90 Å². The van der Waals surface area contributed by atoms with Gasteiger partial charge in [-0.1, -0.05) is 41.9 Å². The number of aliphatic hydroxyl groups excluding tert-OH is 1. The lowest BCUT2D eigenvalue weighted by Gasteiger charge is -2.17. The van der Waals surface area contributed by atoms with Gasteiger partial charge in [0.15, 0.2) is 0 Å². The summed E-state index contributed by atoms with van der Waals surface area (Å²) in [6.45, 7) is 2.13. The van der Waals surface area contributed by atoms with Crippen LogP contribution in [0, 0.1) is 0 Å². The Morgan fingerprint density at radius 3 is 2.70 bits per heavy atom. The number of amides is 1. The highest BCUT2D eigenvalue weighted by atomic mass is 35.5. The lowest BCUT2D eigenvalue weighted by Crippen LogP contribution is -2.35. The lowest BCUT2D eigenvalue weighted by atomic mass is 10.1. The third kappa shape index (κ3) is 5.63. The number of benzene rings is 1. The molecule has 1 heterocycles. The van der Waals surface area contributed by atoms with Crippen molar-refractivity contribution in [1.82, 2.24) is 10.3 Å². The molecule has 2 N–H and O–H groups in total. The third-order valence-electron chi connectivity index (χ3n) is 3.27. The predicted molar refractivity (Wildman–Crippen MR) is 88.4 cm³/mol. The van der Waals surface area contributed by atoms with Gasteiger partial charge < -0.3 is 15.2 Å². The Morgan fingerprint density at radius 1 is 1.30 bits per heavy atom. The van der Waals surface area contributed by atoms with Gasteiger partial charge in [0.25, 0.3) is 5.91 Å². The molecule has 1 aromatic carbocycles. The van der Waals surface area contributed by atoms with Crippen LogP contribution in [0.2, 0.25) is 5.02 Å². The Labute approximate surface area is 140 Å². The van der Waals surface area contributed by atoms with Gasteiger partial charge >= 0.3 is 0 Å². The number of carbonyl (C=O) groups excluding carboxylic acids is 1. The number of aliphatic hydroxyl groups is 1. The smallest absolute Gasteiger partial charge is 0.269 e. The quantitative estimate of drug-likeness (QED) is 0.816. The first-order chi connectivity index (χ1) is 11.1. The van der Waals surface area contributed by atoms with Crippen LogP contribution in [0.15, 0.2) is 48.7 Å². The number of pyridine rings is 1. The van der Waals surface area contributed by atoms with Crippen LogP contribution in [0.4, 0.5) is 0 Å². The Bertz CT molecular complexity index is 619. The average Bonchev–Trinajstić information content (AvgIpc) is 2.59. The van der Waals surface area contributed by atoms with Crippen molar-refractivity contribution in [2.45, 2.75) is 19.1 Å². The van der Waals surface area contributed by atoms with E-state index >= 15 is 0 Å². The van der Waals surface area contributed by atoms with E-state index < -0.39 is 6.10 Å². The molecule has 0 aliphatic heterocycles. The summed E-state index contributed by atoms with van der Waals surface area (Å²) < 4.78 is 5.61. The molecule has 2 rings (SSSR count). The van der Waals surface area contributed by atoms with Gasteiger partial charge in [0.1, 0.15) is 5.69 Å². The number of aromatic nitrogens is 1. The monoisotopic (exact) mass is 334 g/mol. The molecule has 0 bridgehead atoms. The number of nitrogens with zero attached hydrogens (tertiary/aromatic N) is 1. The molecule has 0 spiro atoms. The summed E-state index contributed by atoms with van der Waals surface area (Å²) in [5.74, 6) is -0.364. The largest absolute Gasteiger partial charge is 0.389 e. The average molecular weight is 335 g/mol. The third-order valence-corrected chi connectivity index (χ3v) is 3.49. The number of halogens is 1. The van der Waals surface area contributed by atoms with E-state index in [1.165, 1.54) is 12.3 Å². The van der Waals surface area contributed by atoms with Crippen LogP contribution in [-0.2, 0) is 4.74 Å². The highest BCUT2D eigenvalue weighted by Crippen LogP contribution is 2.15. The Kier molecular flexibility index (Phi) is 6.52. The molecule has 0 radical (unpaired) electrons. The molecule has 0 aliphatic rings. The molecule has 0 unspecified atom stereocenters. The molecule has 1 amide bonds. The fourth-order valence-electron chi connectivity index (χ4n) is 1.95. The van der Waals surface area contributed by atoms with Crippen molar-refractivity contribution in [2.75, 3.05) is 13.2 Å². The van der Waals surface area contributed by atoms with E-state index in [4.69, 9.17) is 16.3 Å². The first kappa shape index (κ1) is 17.4. The van der Waals surface area contributed by atoms with E-state index in [0.717, 1.165) is 5.56 Å². The van der Waals surface area contributed by atoms with Gasteiger partial charge in [0.05, 0.1) is 23.8 Å². The van der Waals surface area contributed by atoms with Crippen LogP contribution < -0.4 is 5.32 Å². The molecule has 0 fully saturated rings. The van der Waals surface area contributed by atoms with E-state index in [2.05, 4.69) is 10.3 Å². The maximum absolute atomic E-state index is 11.9. The van der Waals surface area contributed by atoms with Crippen LogP contribution in [0.3, 0.4) is 0 Å². The second-order valence-corrected chi connectivity index (χ2v) is 5.55. The molecule has 0 saturated carbocycles. The summed E-state index contributed by atoms with van der Waals surface area (Å²) >= 11 is 5.71. The van der Waals surface area contributed by atoms with Crippen molar-refractivity contribution in [3.05, 3.63) is 64.9 Å². The van der Waals surface area contributed by atoms with Gasteiger partial charge in [-0.05, 0) is 24.6 Å². The second kappa shape index (κ2) is 8.62. The molecular weight excluding hydrogens is 316 g/mol. The van der Waals surface area contributed by atoms with Gasteiger partial charge in [-0.15, -0.1) is 0 Å². The van der Waals surface area contributed by atoms with Crippen molar-refractivity contribution in [3.8, 4) is 0 Å². The Balaban J connectivity index is 1.73. The molecule has 0 saturated heterocycles. The number of ether oxygens (including phenoxy) is 1. The molecule has 2 aromatic rings. The van der Waals surface area contributed by atoms with Crippen LogP contribution in [0.25, 0.3) is 0 Å². The van der Waals surface area contributed by atoms with Crippen LogP contribution in [-0.4, -0.2) is 35.3 Å². The maximum atomic E-state index is 11.9. The van der Waals surface area contributed by atoms with Gasteiger partial charge in [0.2, 0.25) is 0 Å². The standard InChI is InChI=1S/C17H19ClN2O3/c1-12(13-5-3-2-4-6-13)23-11-15(21)10-20-17(22)16-8-7-14(18)9-19-16/h2-9,12,15,21H,10-11H2,1H3,(H,20,22)/t12-,15-/m0/s1. The molecule has 1 aromatic heterocycles. The number of hydrogen-bond donors (Lipinski definition) is 2. The zero-order chi connectivity index (χ0) is 16.7. The van der Waals surface area contributed by atoms with Crippen molar-refractivity contribution < 1.29 is 14.6 Å². The predicted octanol–water partition coefficient (Wildman–Crippen LogP) is 2.60. The number of carbonyl (C=O) groups is 1. The fraction of sp³-hybridized carbons (Fsp3) is 0.294. The SMILES string of the molecule is C[C@H](OC[C@@H](O)CNC(=O)c1ccc(Cl)cn1)c1ccccc1. The van der Waals surface area contributed by atoms with Gasteiger partial charge in [-0.25, -0.2) is 4.98 Å². The van der Waals surface area contributed by atoms with Crippen molar-refractivity contribution in [1.29, 1.82) is 0 Å². The topological polar surface area (TPSA) is 71.5 Å².